The van der Waals surface area contributed by atoms with Gasteiger partial charge in [0.15, 0.2) is 11.5 Å². The largest absolute Gasteiger partial charge is 0.493 e. The van der Waals surface area contributed by atoms with E-state index in [4.69, 9.17) is 15.2 Å². The number of methoxy groups -OCH3 is 1. The number of ether oxygens (including phenoxy) is 2. The van der Waals surface area contributed by atoms with E-state index < -0.39 is 5.91 Å². The average Bonchev–Trinajstić information content (AvgIpc) is 3.02. The summed E-state index contributed by atoms with van der Waals surface area (Å²) in [5.74, 6) is 0.890. The quantitative estimate of drug-likeness (QED) is 0.516. The molecule has 0 aliphatic heterocycles. The second-order valence-corrected chi connectivity index (χ2v) is 6.61. The first-order valence-electron chi connectivity index (χ1n) is 8.02. The highest BCUT2D eigenvalue weighted by Gasteiger charge is 2.16. The lowest BCUT2D eigenvalue weighted by atomic mass is 10.1. The second kappa shape index (κ2) is 9.39. The number of nitrogen functional groups attached to an aromatic ring is 1. The summed E-state index contributed by atoms with van der Waals surface area (Å²) in [4.78, 5) is 11.8. The van der Waals surface area contributed by atoms with Gasteiger partial charge in [0.05, 0.1) is 13.2 Å². The predicted molar refractivity (Wildman–Crippen MR) is 99.2 cm³/mol. The lowest BCUT2D eigenvalue weighted by Gasteiger charge is -2.18. The van der Waals surface area contributed by atoms with Crippen LogP contribution in [-0.4, -0.2) is 42.5 Å². The molecule has 2 aromatic rings. The molecule has 0 spiro atoms. The second-order valence-electron chi connectivity index (χ2n) is 5.69. The molecule has 26 heavy (non-hydrogen) atoms. The van der Waals surface area contributed by atoms with Crippen LogP contribution in [0.3, 0.4) is 0 Å². The number of amides is 1. The van der Waals surface area contributed by atoms with Gasteiger partial charge in [0.1, 0.15) is 0 Å². The Balaban J connectivity index is 1.90. The summed E-state index contributed by atoms with van der Waals surface area (Å²) in [7, 11) is 1.60. The molecule has 1 aromatic carbocycles. The summed E-state index contributed by atoms with van der Waals surface area (Å²) in [6.45, 7) is 5.38. The number of nitrogens with two attached hydrogens (primary N) is 1. The summed E-state index contributed by atoms with van der Waals surface area (Å²) >= 11 is 3.47. The number of carbonyl (C=O) groups excluding carboxylic acids is 1. The normalized spacial score (nSPS) is 10.8. The predicted octanol–water partition coefficient (Wildman–Crippen LogP) is 1.73. The van der Waals surface area contributed by atoms with Gasteiger partial charge in [-0.15, -0.1) is 0 Å². The first-order chi connectivity index (χ1) is 12.4. The van der Waals surface area contributed by atoms with Crippen LogP contribution in [0.15, 0.2) is 21.2 Å². The van der Waals surface area contributed by atoms with Crippen molar-refractivity contribution >= 4 is 27.7 Å². The van der Waals surface area contributed by atoms with Crippen LogP contribution < -0.4 is 25.8 Å². The molecule has 0 saturated heterocycles. The number of benzene rings is 1. The van der Waals surface area contributed by atoms with Crippen molar-refractivity contribution in [2.24, 2.45) is 0 Å². The molecule has 1 amide bonds. The molecule has 142 valence electrons. The van der Waals surface area contributed by atoms with Crippen LogP contribution in [0.1, 0.15) is 29.9 Å². The first kappa shape index (κ1) is 20.0. The number of rotatable bonds is 9. The number of nitrogens with zero attached hydrogens (tertiary/aromatic N) is 2. The van der Waals surface area contributed by atoms with Crippen molar-refractivity contribution in [2.75, 3.05) is 25.9 Å². The highest BCUT2D eigenvalue weighted by Crippen LogP contribution is 2.35. The molecular formula is C16H22BrN5O4. The molecule has 2 rings (SSSR count). The van der Waals surface area contributed by atoms with Crippen molar-refractivity contribution in [1.29, 1.82) is 0 Å². The highest BCUT2D eigenvalue weighted by atomic mass is 79.9. The Morgan fingerprint density at radius 1 is 1.35 bits per heavy atom. The van der Waals surface area contributed by atoms with Gasteiger partial charge in [0.25, 0.3) is 5.91 Å². The Bertz CT molecular complexity index is 750. The minimum atomic E-state index is -0.432. The number of aromatic nitrogens is 2. The van der Waals surface area contributed by atoms with Crippen LogP contribution >= 0.6 is 15.9 Å². The zero-order valence-electron chi connectivity index (χ0n) is 14.8. The minimum absolute atomic E-state index is 0.0182. The van der Waals surface area contributed by atoms with Crippen LogP contribution in [0.25, 0.3) is 0 Å². The molecule has 0 bridgehead atoms. The Morgan fingerprint density at radius 2 is 2.12 bits per heavy atom. The molecule has 0 aliphatic rings. The minimum Gasteiger partial charge on any atom is -0.493 e. The third-order valence-electron chi connectivity index (χ3n) is 3.30. The molecule has 4 N–H and O–H groups in total. The van der Waals surface area contributed by atoms with E-state index in [1.165, 1.54) is 0 Å². The number of carbonyl (C=O) groups is 1. The van der Waals surface area contributed by atoms with E-state index in [9.17, 15) is 4.79 Å². The van der Waals surface area contributed by atoms with Gasteiger partial charge in [0, 0.05) is 29.7 Å². The summed E-state index contributed by atoms with van der Waals surface area (Å²) in [6, 6.07) is 3.82. The van der Waals surface area contributed by atoms with E-state index in [1.54, 1.807) is 7.11 Å². The van der Waals surface area contributed by atoms with Crippen LogP contribution in [-0.2, 0) is 6.54 Å². The average molecular weight is 428 g/mol. The topological polar surface area (TPSA) is 125 Å². The maximum absolute atomic E-state index is 11.8. The maximum atomic E-state index is 11.8. The molecule has 0 aliphatic carbocycles. The maximum Gasteiger partial charge on any atom is 0.277 e. The van der Waals surface area contributed by atoms with Crippen molar-refractivity contribution in [1.82, 2.24) is 20.9 Å². The van der Waals surface area contributed by atoms with Crippen molar-refractivity contribution in [2.45, 2.75) is 26.5 Å². The van der Waals surface area contributed by atoms with Gasteiger partial charge in [-0.05, 0) is 36.3 Å². The van der Waals surface area contributed by atoms with Gasteiger partial charge in [-0.1, -0.05) is 15.9 Å². The lowest BCUT2D eigenvalue weighted by Crippen LogP contribution is -2.32. The summed E-state index contributed by atoms with van der Waals surface area (Å²) in [5, 5.41) is 12.7. The summed E-state index contributed by atoms with van der Waals surface area (Å²) < 4.78 is 16.6. The smallest absolute Gasteiger partial charge is 0.277 e. The number of hydrogen-bond donors (Lipinski definition) is 3. The molecule has 10 heteroatoms. The van der Waals surface area contributed by atoms with Gasteiger partial charge < -0.3 is 25.8 Å². The van der Waals surface area contributed by atoms with Gasteiger partial charge in [0.2, 0.25) is 11.5 Å². The van der Waals surface area contributed by atoms with Crippen molar-refractivity contribution in [3.05, 3.63) is 27.9 Å². The molecule has 0 saturated carbocycles. The van der Waals surface area contributed by atoms with Gasteiger partial charge in [-0.25, -0.2) is 4.63 Å². The van der Waals surface area contributed by atoms with Gasteiger partial charge in [-0.3, -0.25) is 4.79 Å². The first-order valence-corrected chi connectivity index (χ1v) is 8.81. The fraction of sp³-hybridized carbons (Fsp3) is 0.438. The SMILES string of the molecule is COc1cc(Br)cc(CNCCNC(=O)c2nonc2N)c1OC(C)C. The Kier molecular flexibility index (Phi) is 7.22. The molecule has 0 atom stereocenters. The van der Waals surface area contributed by atoms with Crippen LogP contribution in [0.5, 0.6) is 11.5 Å². The zero-order chi connectivity index (χ0) is 19.1. The summed E-state index contributed by atoms with van der Waals surface area (Å²) in [5.41, 5.74) is 6.40. The van der Waals surface area contributed by atoms with E-state index in [-0.39, 0.29) is 17.6 Å². The van der Waals surface area contributed by atoms with Gasteiger partial charge >= 0.3 is 0 Å². The molecule has 1 aromatic heterocycles. The number of hydrogen-bond acceptors (Lipinski definition) is 8. The number of anilines is 1. The van der Waals surface area contributed by atoms with Crippen LogP contribution in [0.4, 0.5) is 5.82 Å². The number of nitrogens with one attached hydrogen (secondary N) is 2. The third-order valence-corrected chi connectivity index (χ3v) is 3.76. The summed E-state index contributed by atoms with van der Waals surface area (Å²) in [6.07, 6.45) is 0.0182. The van der Waals surface area contributed by atoms with Crippen LogP contribution in [0, 0.1) is 0 Å². The molecule has 0 radical (unpaired) electrons. The zero-order valence-corrected chi connectivity index (χ0v) is 16.4. The Labute approximate surface area is 159 Å². The fourth-order valence-electron chi connectivity index (χ4n) is 2.20. The Hall–Kier alpha value is -2.33. The van der Waals surface area contributed by atoms with E-state index in [0.717, 1.165) is 10.0 Å². The van der Waals surface area contributed by atoms with Gasteiger partial charge in [-0.2, -0.15) is 0 Å². The standard InChI is InChI=1S/C16H22BrN5O4/c1-9(2)25-14-10(6-11(17)7-12(14)24-3)8-19-4-5-20-16(23)13-15(18)22-26-21-13/h6-7,9,19H,4-5,8H2,1-3H3,(H2,18,22)(H,20,23). The molecular weight excluding hydrogens is 406 g/mol. The highest BCUT2D eigenvalue weighted by molar-refractivity contribution is 9.10. The van der Waals surface area contributed by atoms with E-state index in [2.05, 4.69) is 41.5 Å². The monoisotopic (exact) mass is 427 g/mol. The van der Waals surface area contributed by atoms with Crippen molar-refractivity contribution in [3.63, 3.8) is 0 Å². The molecule has 1 heterocycles. The fourth-order valence-corrected chi connectivity index (χ4v) is 2.68. The van der Waals surface area contributed by atoms with Crippen molar-refractivity contribution in [3.8, 4) is 11.5 Å². The molecule has 0 fully saturated rings. The third kappa shape index (κ3) is 5.33. The Morgan fingerprint density at radius 3 is 2.73 bits per heavy atom. The van der Waals surface area contributed by atoms with E-state index in [0.29, 0.717) is 31.1 Å². The van der Waals surface area contributed by atoms with Crippen molar-refractivity contribution < 1.29 is 18.9 Å². The van der Waals surface area contributed by atoms with E-state index >= 15 is 0 Å². The van der Waals surface area contributed by atoms with E-state index in [1.807, 2.05) is 26.0 Å². The molecule has 0 unspecified atom stereocenters. The lowest BCUT2D eigenvalue weighted by molar-refractivity contribution is 0.0944. The number of halogens is 1. The molecule has 9 nitrogen and oxygen atoms in total. The van der Waals surface area contributed by atoms with Crippen LogP contribution in [0.2, 0.25) is 0 Å².